The van der Waals surface area contributed by atoms with E-state index in [-0.39, 0.29) is 57.2 Å². The maximum atomic E-state index is 10.1. The molecule has 0 bridgehead atoms. The van der Waals surface area contributed by atoms with Crippen molar-refractivity contribution in [2.75, 3.05) is 0 Å². The van der Waals surface area contributed by atoms with E-state index in [0.29, 0.717) is 5.75 Å². The second-order valence-electron chi connectivity index (χ2n) is 2.52. The molecule has 4 nitrogen and oxygen atoms in total. The summed E-state index contributed by atoms with van der Waals surface area (Å²) in [5.74, 6) is 0.559. The molecule has 0 aliphatic rings. The Morgan fingerprint density at radius 2 is 1.67 bits per heavy atom. The van der Waals surface area contributed by atoms with E-state index in [1.54, 1.807) is 30.3 Å². The molecule has 0 spiro atoms. The van der Waals surface area contributed by atoms with Crippen molar-refractivity contribution in [3.63, 3.8) is 0 Å². The van der Waals surface area contributed by atoms with Gasteiger partial charge in [0.25, 0.3) is 0 Å². The molecular formula is C9H13KO4S. The van der Waals surface area contributed by atoms with Crippen LogP contribution < -0.4 is 4.18 Å². The van der Waals surface area contributed by atoms with Crippen molar-refractivity contribution in [1.82, 2.24) is 0 Å². The van der Waals surface area contributed by atoms with Gasteiger partial charge in [0.1, 0.15) is 11.5 Å². The Hall–Kier alpha value is 0.436. The predicted molar refractivity (Wildman–Crippen MR) is 61.3 cm³/mol. The molecule has 0 saturated carbocycles. The van der Waals surface area contributed by atoms with E-state index < -0.39 is 11.4 Å². The minimum absolute atomic E-state index is 0. The van der Waals surface area contributed by atoms with Crippen molar-refractivity contribution >= 4 is 68.5 Å². The first-order valence-corrected chi connectivity index (χ1v) is 4.87. The summed E-state index contributed by atoms with van der Waals surface area (Å²) in [6.07, 6.45) is 0. The first-order chi connectivity index (χ1) is 6.52. The molecule has 1 aromatic rings. The molecule has 0 aliphatic heterocycles. The fraction of sp³-hybridized carbons (Fsp3) is 0.222. The van der Waals surface area contributed by atoms with Crippen molar-refractivity contribution in [1.29, 1.82) is 0 Å². The van der Waals surface area contributed by atoms with Gasteiger partial charge in [0.15, 0.2) is 0 Å². The predicted octanol–water partition coefficient (Wildman–Crippen LogP) is 1.15. The molecule has 0 amide bonds. The van der Waals surface area contributed by atoms with Gasteiger partial charge >= 0.3 is 62.7 Å². The molecule has 1 aromatic carbocycles. The third-order valence-corrected chi connectivity index (χ3v) is 1.25. The van der Waals surface area contributed by atoms with Crippen LogP contribution in [0.3, 0.4) is 0 Å². The molecule has 1 N–H and O–H groups in total. The topological polar surface area (TPSA) is 63.6 Å². The number of para-hydroxylation sites is 1. The van der Waals surface area contributed by atoms with Crippen LogP contribution in [0.1, 0.15) is 13.8 Å². The van der Waals surface area contributed by atoms with E-state index in [1.165, 1.54) is 13.8 Å². The Balaban J connectivity index is 0. The Kier molecular flexibility index (Phi) is 13.0. The van der Waals surface area contributed by atoms with Gasteiger partial charge in [0, 0.05) is 0 Å². The van der Waals surface area contributed by atoms with E-state index in [0.717, 1.165) is 0 Å². The van der Waals surface area contributed by atoms with E-state index >= 15 is 0 Å². The molecule has 0 fully saturated rings. The SMILES string of the molecule is CC(C)=O.O=S(O)Oc1ccccc1.[KH]. The van der Waals surface area contributed by atoms with Crippen molar-refractivity contribution in [2.24, 2.45) is 0 Å². The van der Waals surface area contributed by atoms with Crippen LogP contribution in [0, 0.1) is 0 Å². The maximum absolute atomic E-state index is 10.1. The fourth-order valence-corrected chi connectivity index (χ4v) is 0.834. The Morgan fingerprint density at radius 1 is 1.27 bits per heavy atom. The number of Topliss-reactive ketones (excluding diaryl/α,β-unsaturated/α-hetero) is 1. The fourth-order valence-electron chi connectivity index (χ4n) is 0.558. The van der Waals surface area contributed by atoms with E-state index in [4.69, 9.17) is 4.55 Å². The number of rotatable bonds is 2. The van der Waals surface area contributed by atoms with Crippen LogP contribution in [0.15, 0.2) is 30.3 Å². The molecule has 0 heterocycles. The summed E-state index contributed by atoms with van der Waals surface area (Å²) in [6, 6.07) is 8.46. The van der Waals surface area contributed by atoms with Crippen LogP contribution in [0.25, 0.3) is 0 Å². The first-order valence-electron chi connectivity index (χ1n) is 3.83. The van der Waals surface area contributed by atoms with Gasteiger partial charge in [0.05, 0.1) is 0 Å². The zero-order valence-corrected chi connectivity index (χ0v) is 8.78. The quantitative estimate of drug-likeness (QED) is 0.637. The molecule has 15 heavy (non-hydrogen) atoms. The van der Waals surface area contributed by atoms with Gasteiger partial charge in [-0.05, 0) is 26.0 Å². The third kappa shape index (κ3) is 14.4. The molecule has 80 valence electrons. The Bertz CT molecular complexity index is 298. The zero-order valence-electron chi connectivity index (χ0n) is 7.97. The Morgan fingerprint density at radius 3 is 2.00 bits per heavy atom. The summed E-state index contributed by atoms with van der Waals surface area (Å²) in [5, 5.41) is 0. The summed E-state index contributed by atoms with van der Waals surface area (Å²) in [5.41, 5.74) is 0. The van der Waals surface area contributed by atoms with Gasteiger partial charge in [0.2, 0.25) is 0 Å². The molecule has 1 atom stereocenters. The molecule has 1 rings (SSSR count). The van der Waals surface area contributed by atoms with Crippen LogP contribution in [-0.2, 0) is 16.2 Å². The van der Waals surface area contributed by atoms with Gasteiger partial charge < -0.3 is 8.98 Å². The molecule has 1 unspecified atom stereocenters. The molecule has 0 saturated heterocycles. The Labute approximate surface area is 134 Å². The van der Waals surface area contributed by atoms with E-state index in [1.807, 2.05) is 0 Å². The average molecular weight is 256 g/mol. The first kappa shape index (κ1) is 17.8. The van der Waals surface area contributed by atoms with E-state index in [9.17, 15) is 9.00 Å². The molecule has 0 radical (unpaired) electrons. The van der Waals surface area contributed by atoms with Gasteiger partial charge in [-0.25, -0.2) is 0 Å². The summed E-state index contributed by atoms with van der Waals surface area (Å²) < 4.78 is 22.8. The minimum atomic E-state index is -2.22. The van der Waals surface area contributed by atoms with Crippen molar-refractivity contribution in [2.45, 2.75) is 13.8 Å². The summed E-state index contributed by atoms with van der Waals surface area (Å²) in [4.78, 5) is 9.44. The zero-order chi connectivity index (χ0) is 11.0. The van der Waals surface area contributed by atoms with Gasteiger partial charge in [-0.1, -0.05) is 18.2 Å². The van der Waals surface area contributed by atoms with Gasteiger partial charge in [-0.2, -0.15) is 4.21 Å². The standard InChI is InChI=1S/C6H6O3S.C3H6O.K.H/c7-10(8)9-6-4-2-1-3-5-6;1-3(2)4;;/h1-5H,(H,7,8);1-2H3;;. The third-order valence-electron chi connectivity index (χ3n) is 0.911. The monoisotopic (exact) mass is 256 g/mol. The number of benzene rings is 1. The summed E-state index contributed by atoms with van der Waals surface area (Å²) in [7, 11) is 0. The van der Waals surface area contributed by atoms with Crippen LogP contribution in [-0.4, -0.2) is 65.9 Å². The second-order valence-corrected chi connectivity index (χ2v) is 3.12. The van der Waals surface area contributed by atoms with Crippen LogP contribution >= 0.6 is 0 Å². The second kappa shape index (κ2) is 10.9. The molecule has 6 heteroatoms. The van der Waals surface area contributed by atoms with Crippen molar-refractivity contribution in [3.05, 3.63) is 30.3 Å². The number of hydrogen-bond acceptors (Lipinski definition) is 3. The van der Waals surface area contributed by atoms with Gasteiger partial charge in [-0.3, -0.25) is 4.55 Å². The van der Waals surface area contributed by atoms with Crippen LogP contribution in [0.5, 0.6) is 5.75 Å². The number of carbonyl (C=O) groups excluding carboxylic acids is 1. The van der Waals surface area contributed by atoms with Crippen molar-refractivity contribution < 1.29 is 17.7 Å². The number of carbonyl (C=O) groups is 1. The van der Waals surface area contributed by atoms with E-state index in [2.05, 4.69) is 4.18 Å². The van der Waals surface area contributed by atoms with Gasteiger partial charge in [-0.15, -0.1) is 0 Å². The van der Waals surface area contributed by atoms with Crippen molar-refractivity contribution in [3.8, 4) is 5.75 Å². The molecule has 0 aliphatic carbocycles. The molecular weight excluding hydrogens is 243 g/mol. The normalized spacial score (nSPS) is 10.1. The van der Waals surface area contributed by atoms with Crippen LogP contribution in [0.4, 0.5) is 0 Å². The number of hydrogen-bond donors (Lipinski definition) is 1. The summed E-state index contributed by atoms with van der Waals surface area (Å²) in [6.45, 7) is 3.06. The average Bonchev–Trinajstić information content (AvgIpc) is 2.03. The summed E-state index contributed by atoms with van der Waals surface area (Å²) >= 11 is -2.22. The van der Waals surface area contributed by atoms with Crippen LogP contribution in [0.2, 0.25) is 0 Å². The number of ketones is 1. The molecule has 0 aromatic heterocycles.